The Morgan fingerprint density at radius 2 is 1.69 bits per heavy atom. The molecule has 0 unspecified atom stereocenters. The van der Waals surface area contributed by atoms with Gasteiger partial charge in [-0.25, -0.2) is 0 Å². The number of hydrogen-bond donors (Lipinski definition) is 2. The second-order valence-corrected chi connectivity index (χ2v) is 9.62. The first-order chi connectivity index (χ1) is 18.8. The van der Waals surface area contributed by atoms with Crippen molar-refractivity contribution in [3.05, 3.63) is 66.2 Å². The third-order valence-electron chi connectivity index (χ3n) is 7.30. The van der Waals surface area contributed by atoms with Gasteiger partial charge < -0.3 is 29.9 Å². The van der Waals surface area contributed by atoms with Crippen molar-refractivity contribution in [2.24, 2.45) is 0 Å². The van der Waals surface area contributed by atoms with Gasteiger partial charge in [-0.05, 0) is 49.9 Å². The van der Waals surface area contributed by atoms with Gasteiger partial charge in [-0.2, -0.15) is 0 Å². The number of fused-ring (bicyclic) bond motifs is 2. The minimum atomic E-state index is -0.992. The van der Waals surface area contributed by atoms with Crippen molar-refractivity contribution < 1.29 is 23.9 Å². The van der Waals surface area contributed by atoms with E-state index in [4.69, 9.17) is 9.47 Å². The van der Waals surface area contributed by atoms with Crippen molar-refractivity contribution in [2.45, 2.75) is 44.9 Å². The first-order valence-corrected chi connectivity index (χ1v) is 13.1. The molecule has 0 aromatic heterocycles. The lowest BCUT2D eigenvalue weighted by atomic mass is 10.0. The number of nitrogens with one attached hydrogen (secondary N) is 2. The monoisotopic (exact) mass is 532 g/mol. The highest BCUT2D eigenvalue weighted by Crippen LogP contribution is 2.38. The molecule has 1 aliphatic heterocycles. The SMILES string of the molecule is CN[C@@H](C)C(=O)N[C@@H]1C(=O)N(Cc2c(OC)ccc3ccccc23)c2ccccc2N(C(=O)CCOC)[C@H]1C. The lowest BCUT2D eigenvalue weighted by Gasteiger charge is -2.32. The second-order valence-electron chi connectivity index (χ2n) is 9.62. The first-order valence-electron chi connectivity index (χ1n) is 13.1. The molecule has 3 atom stereocenters. The summed E-state index contributed by atoms with van der Waals surface area (Å²) in [5.41, 5.74) is 2.00. The molecule has 0 bridgehead atoms. The number of ether oxygens (including phenoxy) is 2. The van der Waals surface area contributed by atoms with Crippen LogP contribution in [0.1, 0.15) is 25.8 Å². The summed E-state index contributed by atoms with van der Waals surface area (Å²) in [6, 6.07) is 17.0. The Balaban J connectivity index is 1.88. The van der Waals surface area contributed by atoms with Crippen molar-refractivity contribution in [1.29, 1.82) is 0 Å². The number of carbonyl (C=O) groups excluding carboxylic acids is 3. The van der Waals surface area contributed by atoms with E-state index in [1.165, 1.54) is 7.11 Å². The number of hydrogen-bond acceptors (Lipinski definition) is 6. The molecule has 2 N–H and O–H groups in total. The van der Waals surface area contributed by atoms with Gasteiger partial charge in [0.25, 0.3) is 5.91 Å². The zero-order valence-electron chi connectivity index (χ0n) is 23.1. The number of benzene rings is 3. The quantitative estimate of drug-likeness (QED) is 0.439. The molecule has 9 heteroatoms. The fourth-order valence-corrected chi connectivity index (χ4v) is 5.01. The van der Waals surface area contributed by atoms with Crippen molar-refractivity contribution in [2.75, 3.05) is 37.7 Å². The third-order valence-corrected chi connectivity index (χ3v) is 7.30. The summed E-state index contributed by atoms with van der Waals surface area (Å²) in [5, 5.41) is 7.80. The standard InChI is InChI=1S/C30H36N4O5/c1-19(31-3)29(36)32-28-20(2)34(27(35)16-17-38-4)25-13-9-8-12-24(25)33(30(28)37)18-23-22-11-7-6-10-21(22)14-15-26(23)39-5/h6-15,19-20,28,31H,16-18H2,1-5H3,(H,32,36)/t19-,20-,28-/m0/s1. The average Bonchev–Trinajstić information content (AvgIpc) is 3.04. The summed E-state index contributed by atoms with van der Waals surface area (Å²) in [4.78, 5) is 44.2. The molecule has 4 rings (SSSR count). The highest BCUT2D eigenvalue weighted by atomic mass is 16.5. The van der Waals surface area contributed by atoms with Crippen molar-refractivity contribution in [1.82, 2.24) is 10.6 Å². The third kappa shape index (κ3) is 5.60. The largest absolute Gasteiger partial charge is 0.496 e. The Morgan fingerprint density at radius 1 is 1.00 bits per heavy atom. The van der Waals surface area contributed by atoms with Crippen LogP contribution in [-0.2, 0) is 25.7 Å². The minimum Gasteiger partial charge on any atom is -0.496 e. The lowest BCUT2D eigenvalue weighted by molar-refractivity contribution is -0.129. The number of likely N-dealkylation sites (N-methyl/N-ethyl adjacent to an activating group) is 1. The fraction of sp³-hybridized carbons (Fsp3) is 0.367. The Morgan fingerprint density at radius 3 is 2.38 bits per heavy atom. The van der Waals surface area contributed by atoms with Crippen LogP contribution < -0.4 is 25.2 Å². The zero-order chi connectivity index (χ0) is 28.1. The summed E-state index contributed by atoms with van der Waals surface area (Å²) in [6.45, 7) is 3.93. The van der Waals surface area contributed by atoms with Gasteiger partial charge in [0.05, 0.1) is 50.1 Å². The molecule has 3 amide bonds. The molecule has 39 heavy (non-hydrogen) atoms. The van der Waals surface area contributed by atoms with Gasteiger partial charge in [-0.1, -0.05) is 42.5 Å². The second kappa shape index (κ2) is 12.3. The molecule has 0 saturated carbocycles. The molecule has 0 spiro atoms. The van der Waals surface area contributed by atoms with E-state index in [0.29, 0.717) is 17.1 Å². The van der Waals surface area contributed by atoms with Crippen LogP contribution in [-0.4, -0.2) is 63.7 Å². The van der Waals surface area contributed by atoms with E-state index in [1.807, 2.05) is 60.7 Å². The van der Waals surface area contributed by atoms with Crippen LogP contribution in [0.2, 0.25) is 0 Å². The normalized spacial score (nSPS) is 17.9. The van der Waals surface area contributed by atoms with Crippen molar-refractivity contribution in [3.63, 3.8) is 0 Å². The molecule has 0 saturated heterocycles. The summed E-state index contributed by atoms with van der Waals surface area (Å²) >= 11 is 0. The van der Waals surface area contributed by atoms with Crippen LogP contribution in [0.3, 0.4) is 0 Å². The first kappa shape index (κ1) is 28.1. The molecular formula is C30H36N4O5. The number of anilines is 2. The van der Waals surface area contributed by atoms with Crippen LogP contribution in [0.25, 0.3) is 10.8 Å². The van der Waals surface area contributed by atoms with Crippen LogP contribution >= 0.6 is 0 Å². The van der Waals surface area contributed by atoms with Crippen LogP contribution in [0.4, 0.5) is 11.4 Å². The van der Waals surface area contributed by atoms with Gasteiger partial charge in [-0.15, -0.1) is 0 Å². The van der Waals surface area contributed by atoms with Gasteiger partial charge in [0.2, 0.25) is 11.8 Å². The van der Waals surface area contributed by atoms with E-state index in [-0.39, 0.29) is 37.3 Å². The summed E-state index contributed by atoms with van der Waals surface area (Å²) < 4.78 is 10.9. The van der Waals surface area contributed by atoms with Gasteiger partial charge in [-0.3, -0.25) is 14.4 Å². The van der Waals surface area contributed by atoms with E-state index in [1.54, 1.807) is 37.8 Å². The van der Waals surface area contributed by atoms with Gasteiger partial charge >= 0.3 is 0 Å². The topological polar surface area (TPSA) is 100 Å². The van der Waals surface area contributed by atoms with E-state index in [2.05, 4.69) is 10.6 Å². The Bertz CT molecular complexity index is 1360. The van der Waals surface area contributed by atoms with Gasteiger partial charge in [0, 0.05) is 12.7 Å². The molecule has 3 aromatic carbocycles. The Kier molecular flexibility index (Phi) is 8.83. The predicted octanol–water partition coefficient (Wildman–Crippen LogP) is 3.25. The highest BCUT2D eigenvalue weighted by Gasteiger charge is 2.42. The maximum Gasteiger partial charge on any atom is 0.252 e. The average molecular weight is 533 g/mol. The molecule has 3 aromatic rings. The number of nitrogens with zero attached hydrogens (tertiary/aromatic N) is 2. The van der Waals surface area contributed by atoms with Crippen molar-refractivity contribution >= 4 is 39.9 Å². The number of methoxy groups -OCH3 is 2. The minimum absolute atomic E-state index is 0.133. The molecule has 1 heterocycles. The number of para-hydroxylation sites is 2. The number of rotatable bonds is 9. The summed E-state index contributed by atoms with van der Waals surface area (Å²) in [7, 11) is 4.82. The number of carbonyl (C=O) groups is 3. The zero-order valence-corrected chi connectivity index (χ0v) is 23.1. The van der Waals surface area contributed by atoms with Gasteiger partial charge in [0.15, 0.2) is 0 Å². The lowest BCUT2D eigenvalue weighted by Crippen LogP contribution is -2.59. The maximum atomic E-state index is 14.4. The fourth-order valence-electron chi connectivity index (χ4n) is 5.01. The van der Waals surface area contributed by atoms with Crippen LogP contribution in [0.15, 0.2) is 60.7 Å². The molecule has 9 nitrogen and oxygen atoms in total. The van der Waals surface area contributed by atoms with E-state index >= 15 is 0 Å². The Hall–Kier alpha value is -3.95. The van der Waals surface area contributed by atoms with Crippen molar-refractivity contribution in [3.8, 4) is 5.75 Å². The predicted molar refractivity (Wildman–Crippen MR) is 152 cm³/mol. The van der Waals surface area contributed by atoms with E-state index < -0.39 is 18.1 Å². The number of amides is 3. The smallest absolute Gasteiger partial charge is 0.252 e. The van der Waals surface area contributed by atoms with Crippen LogP contribution in [0.5, 0.6) is 5.75 Å². The van der Waals surface area contributed by atoms with Gasteiger partial charge in [0.1, 0.15) is 11.8 Å². The molecule has 0 radical (unpaired) electrons. The molecule has 0 fully saturated rings. The molecule has 0 aliphatic carbocycles. The van der Waals surface area contributed by atoms with E-state index in [0.717, 1.165) is 16.3 Å². The maximum absolute atomic E-state index is 14.4. The molecule has 206 valence electrons. The highest BCUT2D eigenvalue weighted by molar-refractivity contribution is 6.09. The summed E-state index contributed by atoms with van der Waals surface area (Å²) in [6.07, 6.45) is 0.133. The summed E-state index contributed by atoms with van der Waals surface area (Å²) in [5.74, 6) is -0.201. The molecule has 1 aliphatic rings. The van der Waals surface area contributed by atoms with E-state index in [9.17, 15) is 14.4 Å². The Labute approximate surface area is 229 Å². The van der Waals surface area contributed by atoms with Crippen LogP contribution in [0, 0.1) is 0 Å². The molecular weight excluding hydrogens is 496 g/mol.